The Morgan fingerprint density at radius 1 is 1.07 bits per heavy atom. The Morgan fingerprint density at radius 2 is 1.74 bits per heavy atom. The second kappa shape index (κ2) is 10.2. The molecule has 2 aromatic carbocycles. The summed E-state index contributed by atoms with van der Waals surface area (Å²) in [6.45, 7) is -0.135. The number of methoxy groups -OCH3 is 1. The van der Waals surface area contributed by atoms with E-state index in [1.54, 1.807) is 61.7 Å². The summed E-state index contributed by atoms with van der Waals surface area (Å²) < 4.78 is 10.5. The number of hydrazone groups is 1. The van der Waals surface area contributed by atoms with Crippen molar-refractivity contribution in [3.63, 3.8) is 0 Å². The molecule has 0 heterocycles. The Bertz CT molecular complexity index is 840. The number of anilines is 1. The predicted molar refractivity (Wildman–Crippen MR) is 99.5 cm³/mol. The lowest BCUT2D eigenvalue weighted by molar-refractivity contribution is -0.120. The molecule has 138 valence electrons. The number of nitriles is 1. The molecule has 0 atom stereocenters. The first-order chi connectivity index (χ1) is 13.1. The molecule has 8 nitrogen and oxygen atoms in total. The van der Waals surface area contributed by atoms with Crippen molar-refractivity contribution in [1.82, 2.24) is 5.43 Å². The van der Waals surface area contributed by atoms with Crippen molar-refractivity contribution < 1.29 is 19.1 Å². The largest absolute Gasteiger partial charge is 0.497 e. The fourth-order valence-electron chi connectivity index (χ4n) is 1.96. The Labute approximate surface area is 156 Å². The molecular formula is C19H18N4O4. The number of hydrogen-bond donors (Lipinski definition) is 2. The minimum absolute atomic E-state index is 0.135. The van der Waals surface area contributed by atoms with Gasteiger partial charge in [0.15, 0.2) is 6.61 Å². The average molecular weight is 366 g/mol. The summed E-state index contributed by atoms with van der Waals surface area (Å²) in [5.74, 6) is 0.464. The molecule has 0 spiro atoms. The van der Waals surface area contributed by atoms with Gasteiger partial charge in [-0.15, -0.1) is 0 Å². The predicted octanol–water partition coefficient (Wildman–Crippen LogP) is 2.08. The Balaban J connectivity index is 1.78. The molecular weight excluding hydrogens is 348 g/mol. The van der Waals surface area contributed by atoms with Gasteiger partial charge in [0.1, 0.15) is 17.9 Å². The van der Waals surface area contributed by atoms with E-state index >= 15 is 0 Å². The van der Waals surface area contributed by atoms with Crippen LogP contribution in [-0.2, 0) is 9.59 Å². The lowest BCUT2D eigenvalue weighted by Crippen LogP contribution is -2.20. The van der Waals surface area contributed by atoms with Crippen LogP contribution in [0.3, 0.4) is 0 Å². The minimum atomic E-state index is -0.475. The van der Waals surface area contributed by atoms with Crippen LogP contribution in [0.15, 0.2) is 53.6 Å². The molecule has 8 heteroatoms. The number of hydrogen-bond acceptors (Lipinski definition) is 6. The number of amides is 2. The smallest absolute Gasteiger partial charge is 0.262 e. The first kappa shape index (κ1) is 19.5. The number of nitrogens with zero attached hydrogens (tertiary/aromatic N) is 2. The molecule has 2 aromatic rings. The third-order valence-corrected chi connectivity index (χ3v) is 3.27. The van der Waals surface area contributed by atoms with Crippen LogP contribution in [0.1, 0.15) is 12.0 Å². The summed E-state index contributed by atoms with van der Waals surface area (Å²) in [7, 11) is 1.57. The normalized spacial score (nSPS) is 10.1. The van der Waals surface area contributed by atoms with Crippen molar-refractivity contribution in [2.45, 2.75) is 6.42 Å². The van der Waals surface area contributed by atoms with Crippen LogP contribution in [0.2, 0.25) is 0 Å². The lowest BCUT2D eigenvalue weighted by atomic mass is 10.2. The molecule has 0 aliphatic rings. The molecule has 0 unspecified atom stereocenters. The third-order valence-electron chi connectivity index (χ3n) is 3.27. The van der Waals surface area contributed by atoms with Gasteiger partial charge in [-0.2, -0.15) is 10.4 Å². The zero-order chi connectivity index (χ0) is 19.5. The average Bonchev–Trinajstić information content (AvgIpc) is 2.68. The Morgan fingerprint density at radius 3 is 2.37 bits per heavy atom. The van der Waals surface area contributed by atoms with Crippen LogP contribution in [0, 0.1) is 11.3 Å². The van der Waals surface area contributed by atoms with Crippen LogP contribution < -0.4 is 20.2 Å². The SMILES string of the molecule is COc1ccc(NC(=O)COc2ccc(/C=N\NC(=O)CC#N)cc2)cc1. The minimum Gasteiger partial charge on any atom is -0.497 e. The zero-order valence-electron chi connectivity index (χ0n) is 14.6. The van der Waals surface area contributed by atoms with E-state index < -0.39 is 5.91 Å². The molecule has 0 saturated heterocycles. The third kappa shape index (κ3) is 6.88. The molecule has 0 aliphatic heterocycles. The molecule has 0 aromatic heterocycles. The van der Waals surface area contributed by atoms with Gasteiger partial charge in [0, 0.05) is 5.69 Å². The van der Waals surface area contributed by atoms with Crippen LogP contribution in [-0.4, -0.2) is 31.7 Å². The summed E-state index contributed by atoms with van der Waals surface area (Å²) >= 11 is 0. The van der Waals surface area contributed by atoms with E-state index in [0.29, 0.717) is 17.2 Å². The highest BCUT2D eigenvalue weighted by molar-refractivity contribution is 5.92. The fourth-order valence-corrected chi connectivity index (χ4v) is 1.96. The number of carbonyl (C=O) groups excluding carboxylic acids is 2. The van der Waals surface area contributed by atoms with Gasteiger partial charge in [-0.3, -0.25) is 9.59 Å². The van der Waals surface area contributed by atoms with Gasteiger partial charge in [0.05, 0.1) is 19.4 Å². The number of ether oxygens (including phenoxy) is 2. The van der Waals surface area contributed by atoms with Crippen molar-refractivity contribution in [2.75, 3.05) is 19.0 Å². The molecule has 0 bridgehead atoms. The van der Waals surface area contributed by atoms with Gasteiger partial charge in [-0.1, -0.05) is 0 Å². The van der Waals surface area contributed by atoms with Crippen molar-refractivity contribution >= 4 is 23.7 Å². The van der Waals surface area contributed by atoms with E-state index in [4.69, 9.17) is 14.7 Å². The van der Waals surface area contributed by atoms with E-state index in [1.807, 2.05) is 0 Å². The number of rotatable bonds is 8. The first-order valence-electron chi connectivity index (χ1n) is 7.96. The van der Waals surface area contributed by atoms with Gasteiger partial charge in [-0.05, 0) is 54.1 Å². The van der Waals surface area contributed by atoms with Crippen molar-refractivity contribution in [2.24, 2.45) is 5.10 Å². The monoisotopic (exact) mass is 366 g/mol. The summed E-state index contributed by atoms with van der Waals surface area (Å²) in [4.78, 5) is 23.0. The summed E-state index contributed by atoms with van der Waals surface area (Å²) in [6, 6.07) is 15.5. The van der Waals surface area contributed by atoms with E-state index in [9.17, 15) is 9.59 Å². The van der Waals surface area contributed by atoms with Gasteiger partial charge in [0.2, 0.25) is 0 Å². The standard InChI is InChI=1S/C19H18N4O4/c1-26-16-8-4-15(5-9-16)22-19(25)13-27-17-6-2-14(3-7-17)12-21-23-18(24)10-11-20/h2-9,12H,10,13H2,1H3,(H,22,25)(H,23,24)/b21-12-. The summed E-state index contributed by atoms with van der Waals surface area (Å²) in [5, 5.41) is 14.8. The summed E-state index contributed by atoms with van der Waals surface area (Å²) in [5.41, 5.74) is 3.61. The topological polar surface area (TPSA) is 113 Å². The van der Waals surface area contributed by atoms with Crippen molar-refractivity contribution in [3.05, 3.63) is 54.1 Å². The van der Waals surface area contributed by atoms with Gasteiger partial charge < -0.3 is 14.8 Å². The Hall–Kier alpha value is -3.86. The molecule has 0 radical (unpaired) electrons. The second-order valence-corrected chi connectivity index (χ2v) is 5.26. The number of carbonyl (C=O) groups is 2. The van der Waals surface area contributed by atoms with Gasteiger partial charge in [0.25, 0.3) is 11.8 Å². The van der Waals surface area contributed by atoms with Gasteiger partial charge in [-0.25, -0.2) is 5.43 Å². The van der Waals surface area contributed by atoms with Crippen molar-refractivity contribution in [3.8, 4) is 17.6 Å². The first-order valence-corrected chi connectivity index (χ1v) is 7.96. The van der Waals surface area contributed by atoms with Crippen LogP contribution in [0.25, 0.3) is 0 Å². The van der Waals surface area contributed by atoms with Crippen LogP contribution in [0.5, 0.6) is 11.5 Å². The lowest BCUT2D eigenvalue weighted by Gasteiger charge is -2.08. The highest BCUT2D eigenvalue weighted by atomic mass is 16.5. The quantitative estimate of drug-likeness (QED) is 0.548. The fraction of sp³-hybridized carbons (Fsp3) is 0.158. The maximum atomic E-state index is 11.9. The molecule has 2 amide bonds. The number of benzene rings is 2. The molecule has 27 heavy (non-hydrogen) atoms. The molecule has 2 rings (SSSR count). The van der Waals surface area contributed by atoms with E-state index in [2.05, 4.69) is 15.8 Å². The van der Waals surface area contributed by atoms with Gasteiger partial charge >= 0.3 is 0 Å². The maximum absolute atomic E-state index is 11.9. The summed E-state index contributed by atoms with van der Waals surface area (Å²) in [6.07, 6.45) is 1.19. The maximum Gasteiger partial charge on any atom is 0.262 e. The Kier molecular flexibility index (Phi) is 7.36. The second-order valence-electron chi connectivity index (χ2n) is 5.26. The molecule has 0 aliphatic carbocycles. The molecule has 0 fully saturated rings. The highest BCUT2D eigenvalue weighted by Gasteiger charge is 2.04. The molecule has 0 saturated carbocycles. The van der Waals surface area contributed by atoms with Crippen LogP contribution >= 0.6 is 0 Å². The van der Waals surface area contributed by atoms with Crippen molar-refractivity contribution in [1.29, 1.82) is 5.26 Å². The van der Waals surface area contributed by atoms with Crippen LogP contribution in [0.4, 0.5) is 5.69 Å². The zero-order valence-corrected chi connectivity index (χ0v) is 14.6. The van der Waals surface area contributed by atoms with E-state index in [-0.39, 0.29) is 18.9 Å². The number of nitrogens with one attached hydrogen (secondary N) is 2. The molecule has 2 N–H and O–H groups in total. The van der Waals surface area contributed by atoms with E-state index in [0.717, 1.165) is 5.56 Å². The highest BCUT2D eigenvalue weighted by Crippen LogP contribution is 2.15. The van der Waals surface area contributed by atoms with E-state index in [1.165, 1.54) is 6.21 Å².